The Morgan fingerprint density at radius 2 is 0.909 bits per heavy atom. The van der Waals surface area contributed by atoms with Gasteiger partial charge >= 0.3 is 31.7 Å². The number of ether oxygens (including phenoxy) is 4. The van der Waals surface area contributed by atoms with E-state index in [-0.39, 0.29) is 38.0 Å². The van der Waals surface area contributed by atoms with Gasteiger partial charge in [-0.25, -0.2) is 4.57 Å². The lowest BCUT2D eigenvalue weighted by atomic mass is 10.1. The van der Waals surface area contributed by atoms with Crippen LogP contribution in [0.4, 0.5) is 0 Å². The summed E-state index contributed by atoms with van der Waals surface area (Å²) in [5, 5.41) is 1.53. The molecule has 2 saturated heterocycles. The molecule has 0 aromatic heterocycles. The lowest BCUT2D eigenvalue weighted by Crippen LogP contribution is -2.37. The van der Waals surface area contributed by atoms with Crippen molar-refractivity contribution in [3.05, 3.63) is 0 Å². The molecule has 2 fully saturated rings. The topological polar surface area (TPSA) is 161 Å². The smallest absolute Gasteiger partial charge is 0.466 e. The summed E-state index contributed by atoms with van der Waals surface area (Å²) in [6.45, 7) is 0.798. The largest absolute Gasteiger partial charge is 0.472 e. The van der Waals surface area contributed by atoms with E-state index >= 15 is 0 Å². The van der Waals surface area contributed by atoms with Crippen LogP contribution in [0.2, 0.25) is 0 Å². The third-order valence-electron chi connectivity index (χ3n) is 11.5. The van der Waals surface area contributed by atoms with Gasteiger partial charge in [-0.05, 0) is 64.2 Å². The molecule has 3 unspecified atom stereocenters. The van der Waals surface area contributed by atoms with Crippen molar-refractivity contribution in [1.29, 1.82) is 0 Å². The number of quaternary nitrogens is 1. The van der Waals surface area contributed by atoms with Crippen LogP contribution in [0, 0.1) is 0 Å². The standard InChI is InChI=1S/C48H88NO12PS4/c1-49(2,3)34-37-59-62(54,55)60-41-42(61-48(53)31-19-15-11-7-5-9-13-17-25-36-57-46(51)30-23-21-27-44-33-39-64-66-44)40-58-47(52)28-18-14-10-6-4-8-12-16-24-35-56-45(50)29-22-20-26-43-32-38-63-65-43/h42-44H,4-41H2,1-3H3/p+1/t42-,43?,44?/m1/s1. The van der Waals surface area contributed by atoms with E-state index in [1.54, 1.807) is 0 Å². The van der Waals surface area contributed by atoms with Crippen LogP contribution in [0.1, 0.15) is 193 Å². The summed E-state index contributed by atoms with van der Waals surface area (Å²) in [6, 6.07) is 0. The zero-order valence-electron chi connectivity index (χ0n) is 41.1. The molecule has 2 aliphatic heterocycles. The predicted octanol–water partition coefficient (Wildman–Crippen LogP) is 12.6. The first-order valence-electron chi connectivity index (χ1n) is 25.5. The number of phosphoric acid groups is 1. The van der Waals surface area contributed by atoms with Crippen molar-refractivity contribution in [2.24, 2.45) is 0 Å². The normalized spacial score (nSPS) is 17.6. The van der Waals surface area contributed by atoms with Crippen LogP contribution in [0.15, 0.2) is 0 Å². The Kier molecular flexibility index (Phi) is 37.3. The van der Waals surface area contributed by atoms with Gasteiger partial charge in [0.2, 0.25) is 0 Å². The SMILES string of the molecule is C[N+](C)(C)CCOP(=O)(O)OC[C@@H](COC(=O)CCCCCCCCCCCOC(=O)CCCCC1CCSS1)OC(=O)CCCCCCCCCCCOC(=O)CCCCC1CCSS1. The molecule has 0 aromatic rings. The van der Waals surface area contributed by atoms with Crippen molar-refractivity contribution in [2.75, 3.05) is 72.2 Å². The van der Waals surface area contributed by atoms with Crippen molar-refractivity contribution in [1.82, 2.24) is 0 Å². The van der Waals surface area contributed by atoms with Crippen LogP contribution in [0.25, 0.3) is 0 Å². The van der Waals surface area contributed by atoms with Gasteiger partial charge in [0.25, 0.3) is 0 Å². The van der Waals surface area contributed by atoms with E-state index in [0.717, 1.165) is 139 Å². The summed E-state index contributed by atoms with van der Waals surface area (Å²) in [4.78, 5) is 59.5. The second kappa shape index (κ2) is 40.0. The Morgan fingerprint density at radius 3 is 1.33 bits per heavy atom. The quantitative estimate of drug-likeness (QED) is 0.0153. The fraction of sp³-hybridized carbons (Fsp3) is 0.917. The van der Waals surface area contributed by atoms with E-state index in [0.29, 0.717) is 49.9 Å². The average Bonchev–Trinajstić information content (AvgIpc) is 4.00. The summed E-state index contributed by atoms with van der Waals surface area (Å²) in [5.41, 5.74) is 0. The summed E-state index contributed by atoms with van der Waals surface area (Å²) in [7, 11) is 9.30. The molecule has 4 atom stereocenters. The van der Waals surface area contributed by atoms with E-state index in [2.05, 4.69) is 0 Å². The Labute approximate surface area is 415 Å². The number of esters is 4. The van der Waals surface area contributed by atoms with Crippen LogP contribution in [0.5, 0.6) is 0 Å². The second-order valence-corrected chi connectivity index (χ2v) is 25.9. The number of nitrogens with zero attached hydrogens (tertiary/aromatic N) is 1. The van der Waals surface area contributed by atoms with Gasteiger partial charge < -0.3 is 28.3 Å². The molecule has 13 nitrogen and oxygen atoms in total. The fourth-order valence-electron chi connectivity index (χ4n) is 7.41. The molecule has 386 valence electrons. The van der Waals surface area contributed by atoms with Gasteiger partial charge in [0, 0.05) is 47.7 Å². The van der Waals surface area contributed by atoms with Crippen LogP contribution in [0.3, 0.4) is 0 Å². The zero-order chi connectivity index (χ0) is 48.0. The van der Waals surface area contributed by atoms with Crippen molar-refractivity contribution < 1.29 is 61.1 Å². The first-order valence-corrected chi connectivity index (χ1v) is 31.7. The highest BCUT2D eigenvalue weighted by Gasteiger charge is 2.27. The molecule has 0 saturated carbocycles. The molecule has 2 heterocycles. The van der Waals surface area contributed by atoms with E-state index in [4.69, 9.17) is 28.0 Å². The number of carbonyl (C=O) groups excluding carboxylic acids is 4. The van der Waals surface area contributed by atoms with Crippen molar-refractivity contribution in [3.8, 4) is 0 Å². The third kappa shape index (κ3) is 38.1. The van der Waals surface area contributed by atoms with E-state index in [1.165, 1.54) is 37.2 Å². The third-order valence-corrected chi connectivity index (χ3v) is 18.5. The molecule has 0 aromatic carbocycles. The van der Waals surface area contributed by atoms with Crippen LogP contribution in [-0.4, -0.2) is 122 Å². The van der Waals surface area contributed by atoms with Gasteiger partial charge in [-0.3, -0.25) is 28.2 Å². The van der Waals surface area contributed by atoms with Crippen LogP contribution >= 0.6 is 51.0 Å². The molecule has 0 spiro atoms. The molecular weight excluding hydrogens is 942 g/mol. The number of hydrogen-bond donors (Lipinski definition) is 1. The zero-order valence-corrected chi connectivity index (χ0v) is 45.2. The van der Waals surface area contributed by atoms with Crippen molar-refractivity contribution in [3.63, 3.8) is 0 Å². The lowest BCUT2D eigenvalue weighted by molar-refractivity contribution is -0.870. The Hall–Kier alpha value is -0.650. The van der Waals surface area contributed by atoms with Gasteiger partial charge in [-0.15, -0.1) is 0 Å². The van der Waals surface area contributed by atoms with Gasteiger partial charge in [-0.2, -0.15) is 0 Å². The van der Waals surface area contributed by atoms with Gasteiger partial charge in [0.1, 0.15) is 19.8 Å². The van der Waals surface area contributed by atoms with Crippen LogP contribution < -0.4 is 0 Å². The monoisotopic (exact) mass is 1030 g/mol. The molecule has 18 heteroatoms. The first-order chi connectivity index (χ1) is 31.8. The highest BCUT2D eigenvalue weighted by atomic mass is 33.1. The minimum absolute atomic E-state index is 0.00516. The maximum Gasteiger partial charge on any atom is 0.472 e. The number of rotatable bonds is 44. The maximum absolute atomic E-state index is 12.8. The predicted molar refractivity (Wildman–Crippen MR) is 274 cm³/mol. The number of carbonyl (C=O) groups is 4. The highest BCUT2D eigenvalue weighted by molar-refractivity contribution is 8.77. The average molecular weight is 1030 g/mol. The molecule has 2 aliphatic rings. The molecule has 0 radical (unpaired) electrons. The summed E-state index contributed by atoms with van der Waals surface area (Å²) >= 11 is 0. The Bertz CT molecular complexity index is 1320. The molecule has 0 aliphatic carbocycles. The highest BCUT2D eigenvalue weighted by Crippen LogP contribution is 2.43. The number of phosphoric ester groups is 1. The number of likely N-dealkylation sites (N-methyl/N-ethyl adjacent to an activating group) is 1. The Balaban J connectivity index is 1.50. The summed E-state index contributed by atoms with van der Waals surface area (Å²) in [5.74, 6) is 1.48. The minimum Gasteiger partial charge on any atom is -0.466 e. The van der Waals surface area contributed by atoms with E-state index < -0.39 is 32.5 Å². The lowest BCUT2D eigenvalue weighted by Gasteiger charge is -2.24. The molecule has 2 rings (SSSR count). The molecular formula is C48H89NO12PS4+. The summed E-state index contributed by atoms with van der Waals surface area (Å²) in [6.07, 6.45) is 27.5. The molecule has 0 bridgehead atoms. The van der Waals surface area contributed by atoms with Gasteiger partial charge in [0.15, 0.2) is 6.10 Å². The van der Waals surface area contributed by atoms with Crippen LogP contribution in [-0.2, 0) is 51.7 Å². The summed E-state index contributed by atoms with van der Waals surface area (Å²) < 4.78 is 45.2. The first kappa shape index (κ1) is 61.5. The molecule has 0 amide bonds. The Morgan fingerprint density at radius 1 is 0.515 bits per heavy atom. The van der Waals surface area contributed by atoms with E-state index in [9.17, 15) is 28.6 Å². The number of hydrogen-bond acceptors (Lipinski definition) is 15. The van der Waals surface area contributed by atoms with Crippen molar-refractivity contribution in [2.45, 2.75) is 209 Å². The second-order valence-electron chi connectivity index (χ2n) is 18.9. The number of unbranched alkanes of at least 4 members (excludes halogenated alkanes) is 18. The molecule has 1 N–H and O–H groups in total. The van der Waals surface area contributed by atoms with Gasteiger partial charge in [-0.1, -0.05) is 146 Å². The van der Waals surface area contributed by atoms with Gasteiger partial charge in [0.05, 0.1) is 41.0 Å². The van der Waals surface area contributed by atoms with E-state index in [1.807, 2.05) is 64.3 Å². The van der Waals surface area contributed by atoms with Crippen molar-refractivity contribution >= 4 is 74.9 Å². The minimum atomic E-state index is -4.42. The fourth-order valence-corrected chi connectivity index (χ4v) is 14.2. The molecule has 66 heavy (non-hydrogen) atoms. The maximum atomic E-state index is 12.8.